The van der Waals surface area contributed by atoms with Gasteiger partial charge in [0, 0.05) is 24.7 Å². The third-order valence-corrected chi connectivity index (χ3v) is 4.63. The molecule has 0 saturated carbocycles. The first kappa shape index (κ1) is 13.8. The minimum atomic E-state index is -0.777. The van der Waals surface area contributed by atoms with Crippen LogP contribution in [0.3, 0.4) is 0 Å². The van der Waals surface area contributed by atoms with Crippen LogP contribution in [0.5, 0.6) is 5.75 Å². The number of likely N-dealkylation sites (N-methyl/N-ethyl adjacent to an activating group) is 1. The highest BCUT2D eigenvalue weighted by atomic mass is 16.5. The Bertz CT molecular complexity index is 813. The number of carbonyl (C=O) groups is 1. The van der Waals surface area contributed by atoms with Gasteiger partial charge in [-0.05, 0) is 35.9 Å². The molecule has 5 nitrogen and oxygen atoms in total. The maximum atomic E-state index is 12.8. The minimum Gasteiger partial charge on any atom is -0.497 e. The van der Waals surface area contributed by atoms with Crippen LogP contribution in [0.4, 0.5) is 5.69 Å². The zero-order chi connectivity index (χ0) is 16.0. The Labute approximate surface area is 134 Å². The lowest BCUT2D eigenvalue weighted by molar-refractivity contribution is -0.123. The Hall–Kier alpha value is -2.82. The molecule has 1 spiro atoms. The number of para-hydroxylation sites is 1. The number of rotatable bonds is 2. The summed E-state index contributed by atoms with van der Waals surface area (Å²) in [5.41, 5.74) is 6.14. The van der Waals surface area contributed by atoms with E-state index in [2.05, 4.69) is 10.5 Å². The number of benzene rings is 2. The molecule has 0 aromatic heterocycles. The number of nitrogens with zero attached hydrogens (tertiary/aromatic N) is 2. The average Bonchev–Trinajstić information content (AvgIpc) is 3.14. The Morgan fingerprint density at radius 1 is 1.17 bits per heavy atom. The normalized spacial score (nSPS) is 22.1. The van der Waals surface area contributed by atoms with Gasteiger partial charge in [0.25, 0.3) is 5.91 Å². The first-order chi connectivity index (χ1) is 11.2. The largest absolute Gasteiger partial charge is 0.497 e. The lowest BCUT2D eigenvalue weighted by Gasteiger charge is -2.22. The molecule has 1 atom stereocenters. The van der Waals surface area contributed by atoms with Crippen LogP contribution in [0.25, 0.3) is 0 Å². The molecule has 0 saturated heterocycles. The molecule has 1 unspecified atom stereocenters. The second-order valence-electron chi connectivity index (χ2n) is 5.86. The standard InChI is InChI=1S/C18H17N3O2/c1-21-16-6-4-3-5-14(16)18(17(21)22)11-15(19-20-18)12-7-9-13(23-2)10-8-12/h3-10,20H,11H2,1-2H3. The van der Waals surface area contributed by atoms with E-state index in [0.29, 0.717) is 6.42 Å². The third kappa shape index (κ3) is 1.86. The fourth-order valence-electron chi connectivity index (χ4n) is 3.36. The van der Waals surface area contributed by atoms with Gasteiger partial charge in [-0.2, -0.15) is 5.10 Å². The lowest BCUT2D eigenvalue weighted by Crippen LogP contribution is -2.45. The number of amides is 1. The van der Waals surface area contributed by atoms with E-state index in [-0.39, 0.29) is 5.91 Å². The lowest BCUT2D eigenvalue weighted by atomic mass is 9.86. The van der Waals surface area contributed by atoms with Gasteiger partial charge in [0.1, 0.15) is 5.75 Å². The second-order valence-corrected chi connectivity index (χ2v) is 5.86. The highest BCUT2D eigenvalue weighted by Crippen LogP contribution is 2.44. The van der Waals surface area contributed by atoms with Crippen LogP contribution in [0, 0.1) is 0 Å². The predicted molar refractivity (Wildman–Crippen MR) is 88.8 cm³/mol. The van der Waals surface area contributed by atoms with E-state index in [1.807, 2.05) is 55.6 Å². The van der Waals surface area contributed by atoms with Gasteiger partial charge in [0.05, 0.1) is 12.8 Å². The van der Waals surface area contributed by atoms with E-state index >= 15 is 0 Å². The molecule has 2 aliphatic heterocycles. The van der Waals surface area contributed by atoms with Crippen LogP contribution < -0.4 is 15.1 Å². The Morgan fingerprint density at radius 2 is 1.91 bits per heavy atom. The molecule has 2 aromatic carbocycles. The maximum Gasteiger partial charge on any atom is 0.259 e. The topological polar surface area (TPSA) is 53.9 Å². The average molecular weight is 307 g/mol. The van der Waals surface area contributed by atoms with Gasteiger partial charge in [0.15, 0.2) is 5.54 Å². The summed E-state index contributed by atoms with van der Waals surface area (Å²) in [6, 6.07) is 15.6. The molecule has 2 aliphatic rings. The van der Waals surface area contributed by atoms with Crippen molar-refractivity contribution in [3.05, 3.63) is 59.7 Å². The Kier molecular flexibility index (Phi) is 2.91. The number of hydrogen-bond donors (Lipinski definition) is 1. The Balaban J connectivity index is 1.70. The third-order valence-electron chi connectivity index (χ3n) is 4.63. The van der Waals surface area contributed by atoms with E-state index in [0.717, 1.165) is 28.3 Å². The molecule has 23 heavy (non-hydrogen) atoms. The molecule has 116 valence electrons. The van der Waals surface area contributed by atoms with Crippen LogP contribution in [-0.4, -0.2) is 25.8 Å². The predicted octanol–water partition coefficient (Wildman–Crippen LogP) is 2.26. The molecule has 2 heterocycles. The molecular formula is C18H17N3O2. The summed E-state index contributed by atoms with van der Waals surface area (Å²) in [6.07, 6.45) is 0.541. The summed E-state index contributed by atoms with van der Waals surface area (Å²) in [6.45, 7) is 0. The van der Waals surface area contributed by atoms with Crippen molar-refractivity contribution in [2.24, 2.45) is 5.10 Å². The summed E-state index contributed by atoms with van der Waals surface area (Å²) in [5.74, 6) is 0.836. The van der Waals surface area contributed by atoms with Crippen LogP contribution in [0.1, 0.15) is 17.5 Å². The van der Waals surface area contributed by atoms with E-state index in [1.165, 1.54) is 0 Å². The van der Waals surface area contributed by atoms with Crippen molar-refractivity contribution in [2.45, 2.75) is 12.0 Å². The number of hydrogen-bond acceptors (Lipinski definition) is 4. The quantitative estimate of drug-likeness (QED) is 0.926. The van der Waals surface area contributed by atoms with Gasteiger partial charge < -0.3 is 9.64 Å². The van der Waals surface area contributed by atoms with Gasteiger partial charge in [-0.1, -0.05) is 18.2 Å². The van der Waals surface area contributed by atoms with E-state index in [9.17, 15) is 4.79 Å². The number of nitrogens with one attached hydrogen (secondary N) is 1. The number of ether oxygens (including phenoxy) is 1. The number of anilines is 1. The van der Waals surface area contributed by atoms with Crippen molar-refractivity contribution in [1.29, 1.82) is 0 Å². The monoisotopic (exact) mass is 307 g/mol. The van der Waals surface area contributed by atoms with Crippen LogP contribution in [0.2, 0.25) is 0 Å². The molecule has 0 radical (unpaired) electrons. The van der Waals surface area contributed by atoms with E-state index in [1.54, 1.807) is 12.0 Å². The number of fused-ring (bicyclic) bond motifs is 2. The van der Waals surface area contributed by atoms with Crippen LogP contribution >= 0.6 is 0 Å². The van der Waals surface area contributed by atoms with Crippen molar-refractivity contribution in [1.82, 2.24) is 5.43 Å². The van der Waals surface area contributed by atoms with E-state index < -0.39 is 5.54 Å². The van der Waals surface area contributed by atoms with Crippen LogP contribution in [0.15, 0.2) is 53.6 Å². The van der Waals surface area contributed by atoms with Gasteiger partial charge in [0.2, 0.25) is 0 Å². The molecule has 0 bridgehead atoms. The first-order valence-electron chi connectivity index (χ1n) is 7.51. The van der Waals surface area contributed by atoms with Gasteiger partial charge in [-0.25, -0.2) is 0 Å². The van der Waals surface area contributed by atoms with Gasteiger partial charge in [-0.15, -0.1) is 0 Å². The number of hydrazone groups is 1. The molecule has 5 heteroatoms. The fourth-order valence-corrected chi connectivity index (χ4v) is 3.36. The summed E-state index contributed by atoms with van der Waals surface area (Å²) in [7, 11) is 3.45. The number of methoxy groups -OCH3 is 1. The first-order valence-corrected chi connectivity index (χ1v) is 7.51. The molecular weight excluding hydrogens is 290 g/mol. The van der Waals surface area contributed by atoms with Gasteiger partial charge >= 0.3 is 0 Å². The molecule has 2 aromatic rings. The van der Waals surface area contributed by atoms with Crippen molar-refractivity contribution in [3.8, 4) is 5.75 Å². The SMILES string of the molecule is COc1ccc(C2=NNC3(C2)C(=O)N(C)c2ccccc23)cc1. The summed E-state index contributed by atoms with van der Waals surface area (Å²) in [4.78, 5) is 14.5. The Morgan fingerprint density at radius 3 is 2.65 bits per heavy atom. The van der Waals surface area contributed by atoms with Gasteiger partial charge in [-0.3, -0.25) is 10.2 Å². The van der Waals surface area contributed by atoms with Crippen molar-refractivity contribution < 1.29 is 9.53 Å². The summed E-state index contributed by atoms with van der Waals surface area (Å²) in [5, 5.41) is 4.46. The second kappa shape index (κ2) is 4.84. The summed E-state index contributed by atoms with van der Waals surface area (Å²) < 4.78 is 5.19. The summed E-state index contributed by atoms with van der Waals surface area (Å²) >= 11 is 0. The smallest absolute Gasteiger partial charge is 0.259 e. The molecule has 4 rings (SSSR count). The van der Waals surface area contributed by atoms with Crippen molar-refractivity contribution in [2.75, 3.05) is 19.1 Å². The highest BCUT2D eigenvalue weighted by molar-refractivity contribution is 6.13. The minimum absolute atomic E-state index is 0.0333. The highest BCUT2D eigenvalue weighted by Gasteiger charge is 2.53. The molecule has 1 amide bonds. The zero-order valence-corrected chi connectivity index (χ0v) is 13.0. The molecule has 0 aliphatic carbocycles. The zero-order valence-electron chi connectivity index (χ0n) is 13.0. The molecule has 0 fully saturated rings. The number of carbonyl (C=O) groups excluding carboxylic acids is 1. The van der Waals surface area contributed by atoms with Crippen LogP contribution in [-0.2, 0) is 10.3 Å². The van der Waals surface area contributed by atoms with E-state index in [4.69, 9.17) is 4.74 Å². The fraction of sp³-hybridized carbons (Fsp3) is 0.222. The maximum absolute atomic E-state index is 12.8. The van der Waals surface area contributed by atoms with Crippen molar-refractivity contribution >= 4 is 17.3 Å². The molecule has 1 N–H and O–H groups in total. The van der Waals surface area contributed by atoms with Crippen molar-refractivity contribution in [3.63, 3.8) is 0 Å².